The number of halogens is 1. The molecule has 0 aliphatic rings. The monoisotopic (exact) mass is 269 g/mol. The summed E-state index contributed by atoms with van der Waals surface area (Å²) in [7, 11) is 1.30. The molecule has 0 fully saturated rings. The maximum Gasteiger partial charge on any atom is 0.308 e. The van der Waals surface area contributed by atoms with Crippen molar-refractivity contribution in [3.8, 4) is 5.75 Å². The van der Waals surface area contributed by atoms with Gasteiger partial charge in [0.05, 0.1) is 20.1 Å². The summed E-state index contributed by atoms with van der Waals surface area (Å²) in [4.78, 5) is 11.0. The average Bonchev–Trinajstić information content (AvgIpc) is 2.41. The van der Waals surface area contributed by atoms with E-state index in [4.69, 9.17) is 10.5 Å². The molecular formula is C14H20FNO3. The van der Waals surface area contributed by atoms with Crippen molar-refractivity contribution in [1.29, 1.82) is 0 Å². The van der Waals surface area contributed by atoms with Crippen LogP contribution in [-0.4, -0.2) is 25.7 Å². The van der Waals surface area contributed by atoms with Crippen LogP contribution in [0.5, 0.6) is 5.75 Å². The Hall–Kier alpha value is -1.62. The number of hydrogen-bond acceptors (Lipinski definition) is 4. The van der Waals surface area contributed by atoms with Crippen LogP contribution in [0.2, 0.25) is 0 Å². The lowest BCUT2D eigenvalue weighted by molar-refractivity contribution is -0.141. The molecule has 1 atom stereocenters. The van der Waals surface area contributed by atoms with E-state index in [1.807, 2.05) is 6.92 Å². The number of carbonyl (C=O) groups is 1. The first-order valence-electron chi connectivity index (χ1n) is 6.31. The number of carbonyl (C=O) groups excluding carboxylic acids is 1. The number of benzene rings is 1. The highest BCUT2D eigenvalue weighted by molar-refractivity contribution is 5.69. The first-order chi connectivity index (χ1) is 9.08. The van der Waals surface area contributed by atoms with Gasteiger partial charge in [-0.25, -0.2) is 4.39 Å². The van der Waals surface area contributed by atoms with Gasteiger partial charge in [0.1, 0.15) is 0 Å². The average molecular weight is 269 g/mol. The molecular weight excluding hydrogens is 249 g/mol. The highest BCUT2D eigenvalue weighted by Crippen LogP contribution is 2.24. The molecule has 0 aromatic heterocycles. The Bertz CT molecular complexity index is 423. The Morgan fingerprint density at radius 2 is 2.21 bits per heavy atom. The number of ether oxygens (including phenoxy) is 2. The van der Waals surface area contributed by atoms with Gasteiger partial charge in [0.15, 0.2) is 11.6 Å². The van der Waals surface area contributed by atoms with Crippen molar-refractivity contribution >= 4 is 5.97 Å². The molecule has 0 heterocycles. The van der Waals surface area contributed by atoms with Gasteiger partial charge in [-0.05, 0) is 24.5 Å². The van der Waals surface area contributed by atoms with E-state index >= 15 is 0 Å². The highest BCUT2D eigenvalue weighted by Gasteiger charge is 2.13. The van der Waals surface area contributed by atoms with Crippen LogP contribution in [-0.2, 0) is 16.0 Å². The lowest BCUT2D eigenvalue weighted by atomic mass is 10.0. The van der Waals surface area contributed by atoms with E-state index < -0.39 is 5.82 Å². The van der Waals surface area contributed by atoms with Gasteiger partial charge in [-0.15, -0.1) is 0 Å². The minimum atomic E-state index is -0.439. The van der Waals surface area contributed by atoms with Crippen LogP contribution in [0.15, 0.2) is 18.2 Å². The lowest BCUT2D eigenvalue weighted by Crippen LogP contribution is -2.22. The van der Waals surface area contributed by atoms with Gasteiger partial charge in [0.2, 0.25) is 0 Å². The molecule has 0 radical (unpaired) electrons. The molecule has 0 aliphatic carbocycles. The minimum Gasteiger partial charge on any atom is -0.490 e. The molecule has 0 amide bonds. The third kappa shape index (κ3) is 4.87. The summed E-state index contributed by atoms with van der Waals surface area (Å²) in [5, 5.41) is 0. The molecule has 0 bridgehead atoms. The number of hydrogen-bond donors (Lipinski definition) is 1. The molecule has 0 saturated heterocycles. The fourth-order valence-corrected chi connectivity index (χ4v) is 1.64. The van der Waals surface area contributed by atoms with Crippen molar-refractivity contribution in [3.63, 3.8) is 0 Å². The number of nitrogens with two attached hydrogens (primary N) is 1. The van der Waals surface area contributed by atoms with E-state index in [-0.39, 0.29) is 30.8 Å². The van der Waals surface area contributed by atoms with Crippen LogP contribution in [0.3, 0.4) is 0 Å². The zero-order valence-electron chi connectivity index (χ0n) is 11.3. The maximum absolute atomic E-state index is 13.7. The fourth-order valence-electron chi connectivity index (χ4n) is 1.64. The molecule has 106 valence electrons. The Kier molecular flexibility index (Phi) is 6.29. The predicted octanol–water partition coefficient (Wildman–Crippen LogP) is 2.05. The zero-order valence-corrected chi connectivity index (χ0v) is 11.3. The van der Waals surface area contributed by atoms with E-state index in [2.05, 4.69) is 4.74 Å². The SMILES string of the molecule is CCC(N)Cc1cccc(F)c1OCCC(=O)OC. The second-order valence-electron chi connectivity index (χ2n) is 4.28. The van der Waals surface area contributed by atoms with Crippen molar-refractivity contribution in [1.82, 2.24) is 0 Å². The van der Waals surface area contributed by atoms with Crippen LogP contribution in [0.4, 0.5) is 4.39 Å². The smallest absolute Gasteiger partial charge is 0.308 e. The van der Waals surface area contributed by atoms with E-state index in [1.54, 1.807) is 12.1 Å². The Morgan fingerprint density at radius 3 is 2.84 bits per heavy atom. The number of para-hydroxylation sites is 1. The molecule has 1 aromatic carbocycles. The zero-order chi connectivity index (χ0) is 14.3. The van der Waals surface area contributed by atoms with Gasteiger partial charge in [-0.1, -0.05) is 19.1 Å². The Balaban J connectivity index is 2.71. The van der Waals surface area contributed by atoms with Crippen molar-refractivity contribution in [2.75, 3.05) is 13.7 Å². The van der Waals surface area contributed by atoms with E-state index in [0.717, 1.165) is 12.0 Å². The summed E-state index contributed by atoms with van der Waals surface area (Å²) in [6.45, 7) is 2.06. The summed E-state index contributed by atoms with van der Waals surface area (Å²) in [5.74, 6) is -0.649. The van der Waals surface area contributed by atoms with Crippen LogP contribution < -0.4 is 10.5 Å². The Labute approximate surface area is 112 Å². The molecule has 5 heteroatoms. The molecule has 1 aromatic rings. The first-order valence-corrected chi connectivity index (χ1v) is 6.31. The van der Waals surface area contributed by atoms with Gasteiger partial charge in [0, 0.05) is 6.04 Å². The molecule has 2 N–H and O–H groups in total. The lowest BCUT2D eigenvalue weighted by Gasteiger charge is -2.14. The summed E-state index contributed by atoms with van der Waals surface area (Å²) in [6.07, 6.45) is 1.43. The van der Waals surface area contributed by atoms with E-state index in [9.17, 15) is 9.18 Å². The standard InChI is InChI=1S/C14H20FNO3/c1-3-11(16)9-10-5-4-6-12(15)14(10)19-8-7-13(17)18-2/h4-6,11H,3,7-9,16H2,1-2H3. The number of esters is 1. The third-order valence-electron chi connectivity index (χ3n) is 2.84. The highest BCUT2D eigenvalue weighted by atomic mass is 19.1. The minimum absolute atomic E-state index is 0.0373. The summed E-state index contributed by atoms with van der Waals surface area (Å²) >= 11 is 0. The first kappa shape index (κ1) is 15.4. The second-order valence-corrected chi connectivity index (χ2v) is 4.28. The summed E-state index contributed by atoms with van der Waals surface area (Å²) in [5.41, 5.74) is 6.59. The molecule has 0 aliphatic heterocycles. The third-order valence-corrected chi connectivity index (χ3v) is 2.84. The molecule has 19 heavy (non-hydrogen) atoms. The predicted molar refractivity (Wildman–Crippen MR) is 70.5 cm³/mol. The van der Waals surface area contributed by atoms with Gasteiger partial charge in [0.25, 0.3) is 0 Å². The molecule has 4 nitrogen and oxygen atoms in total. The molecule has 0 saturated carbocycles. The van der Waals surface area contributed by atoms with Crippen molar-refractivity contribution in [2.24, 2.45) is 5.73 Å². The van der Waals surface area contributed by atoms with Crippen LogP contribution in [0, 0.1) is 5.82 Å². The Morgan fingerprint density at radius 1 is 1.47 bits per heavy atom. The van der Waals surface area contributed by atoms with Crippen LogP contribution >= 0.6 is 0 Å². The largest absolute Gasteiger partial charge is 0.490 e. The van der Waals surface area contributed by atoms with Crippen molar-refractivity contribution in [2.45, 2.75) is 32.2 Å². The van der Waals surface area contributed by atoms with Gasteiger partial charge < -0.3 is 15.2 Å². The topological polar surface area (TPSA) is 61.5 Å². The summed E-state index contributed by atoms with van der Waals surface area (Å²) < 4.78 is 23.6. The molecule has 0 spiro atoms. The van der Waals surface area contributed by atoms with Crippen molar-refractivity contribution in [3.05, 3.63) is 29.6 Å². The molecule has 1 rings (SSSR count). The van der Waals surface area contributed by atoms with E-state index in [0.29, 0.717) is 6.42 Å². The van der Waals surface area contributed by atoms with Crippen LogP contribution in [0.25, 0.3) is 0 Å². The van der Waals surface area contributed by atoms with Crippen LogP contribution in [0.1, 0.15) is 25.3 Å². The normalized spacial score (nSPS) is 12.0. The number of rotatable bonds is 7. The van der Waals surface area contributed by atoms with Crippen molar-refractivity contribution < 1.29 is 18.7 Å². The summed E-state index contributed by atoms with van der Waals surface area (Å²) in [6, 6.07) is 4.70. The number of methoxy groups -OCH3 is 1. The molecule has 1 unspecified atom stereocenters. The quantitative estimate of drug-likeness (QED) is 0.769. The second kappa shape index (κ2) is 7.74. The maximum atomic E-state index is 13.7. The van der Waals surface area contributed by atoms with Gasteiger partial charge in [-0.2, -0.15) is 0 Å². The fraction of sp³-hybridized carbons (Fsp3) is 0.500. The van der Waals surface area contributed by atoms with E-state index in [1.165, 1.54) is 13.2 Å². The van der Waals surface area contributed by atoms with Gasteiger partial charge in [-0.3, -0.25) is 4.79 Å². The van der Waals surface area contributed by atoms with Gasteiger partial charge >= 0.3 is 5.97 Å².